The van der Waals surface area contributed by atoms with E-state index in [0.29, 0.717) is 11.5 Å². The average molecular weight is 1130 g/mol. The zero-order chi connectivity index (χ0) is 49.7. The smallest absolute Gasteiger partial charge is 0.135 e. The zero-order valence-corrected chi connectivity index (χ0v) is 45.0. The van der Waals surface area contributed by atoms with Crippen molar-refractivity contribution in [1.82, 2.24) is 9.55 Å². The van der Waals surface area contributed by atoms with Crippen LogP contribution in [0.1, 0.15) is 79.0 Å². The van der Waals surface area contributed by atoms with Crippen LogP contribution in [0, 0.1) is 18.8 Å². The van der Waals surface area contributed by atoms with Crippen molar-refractivity contribution < 1.29 is 30.2 Å². The number of nitrogens with zero attached hydrogens (tertiary/aromatic N) is 4. The number of aromatic nitrogens is 2. The molecule has 12 rings (SSSR count). The van der Waals surface area contributed by atoms with E-state index >= 15 is 0 Å². The SMILES string of the molecule is CC(C)(C)c1cc(Oc2[c-]c3c(cc2)c2c4oc5ccccc5c4ccc2n3-c2cc(C(C)(C)C)ccn2)[c-]c(N2[CH-]N(c3c(-c4ccccc4)cc(C(C)(C)C)cc3-c3ccccc3)c3ccccc32)c1.[Pt]. The minimum Gasteiger partial charge on any atom is -0.509 e. The Morgan fingerprint density at radius 2 is 1.11 bits per heavy atom. The van der Waals surface area contributed by atoms with Crippen molar-refractivity contribution in [2.75, 3.05) is 9.80 Å². The van der Waals surface area contributed by atoms with E-state index in [2.05, 4.69) is 247 Å². The molecule has 0 amide bonds. The molecule has 0 aliphatic carbocycles. The Kier molecular flexibility index (Phi) is 11.8. The summed E-state index contributed by atoms with van der Waals surface area (Å²) in [5.41, 5.74) is 15.5. The van der Waals surface area contributed by atoms with Crippen molar-refractivity contribution in [3.63, 3.8) is 0 Å². The van der Waals surface area contributed by atoms with Gasteiger partial charge < -0.3 is 23.5 Å². The van der Waals surface area contributed by atoms with Gasteiger partial charge in [-0.05, 0) is 98.5 Å². The van der Waals surface area contributed by atoms with Crippen LogP contribution >= 0.6 is 0 Å². The molecule has 11 aromatic rings. The molecule has 0 saturated heterocycles. The monoisotopic (exact) mass is 1130 g/mol. The number of hydrogen-bond donors (Lipinski definition) is 0. The number of para-hydroxylation sites is 3. The fraction of sp³-hybridized carbons (Fsp3) is 0.182. The minimum atomic E-state index is -0.216. The van der Waals surface area contributed by atoms with Crippen molar-refractivity contribution in [2.45, 2.75) is 78.6 Å². The van der Waals surface area contributed by atoms with Crippen molar-refractivity contribution in [3.05, 3.63) is 212 Å². The van der Waals surface area contributed by atoms with Gasteiger partial charge in [0.25, 0.3) is 0 Å². The Hall–Kier alpha value is -7.40. The van der Waals surface area contributed by atoms with Gasteiger partial charge in [0.15, 0.2) is 0 Å². The minimum absolute atomic E-state index is 0. The molecule has 0 fully saturated rings. The second-order valence-corrected chi connectivity index (χ2v) is 22.2. The third-order valence-corrected chi connectivity index (χ3v) is 14.2. The maximum atomic E-state index is 7.00. The van der Waals surface area contributed by atoms with Gasteiger partial charge in [-0.1, -0.05) is 164 Å². The van der Waals surface area contributed by atoms with Crippen LogP contribution < -0.4 is 14.5 Å². The van der Waals surface area contributed by atoms with Gasteiger partial charge in [-0.15, -0.1) is 48.3 Å². The molecular formula is C66H57N4O2Pt-3. The summed E-state index contributed by atoms with van der Waals surface area (Å²) in [5, 5.41) is 4.18. The summed E-state index contributed by atoms with van der Waals surface area (Å²) in [4.78, 5) is 9.61. The van der Waals surface area contributed by atoms with E-state index in [1.54, 1.807) is 0 Å². The molecule has 8 aromatic carbocycles. The largest absolute Gasteiger partial charge is 0.509 e. The summed E-state index contributed by atoms with van der Waals surface area (Å²) < 4.78 is 15.9. The van der Waals surface area contributed by atoms with Crippen LogP contribution in [0.3, 0.4) is 0 Å². The van der Waals surface area contributed by atoms with Crippen LogP contribution in [0.2, 0.25) is 0 Å². The van der Waals surface area contributed by atoms with E-state index in [4.69, 9.17) is 14.1 Å². The number of anilines is 4. The number of furan rings is 1. The summed E-state index contributed by atoms with van der Waals surface area (Å²) in [7, 11) is 0. The quantitative estimate of drug-likeness (QED) is 0.149. The van der Waals surface area contributed by atoms with E-state index in [1.165, 1.54) is 11.1 Å². The predicted molar refractivity (Wildman–Crippen MR) is 298 cm³/mol. The van der Waals surface area contributed by atoms with Gasteiger partial charge in [-0.3, -0.25) is 0 Å². The number of hydrogen-bond acceptors (Lipinski definition) is 5. The Balaban J connectivity index is 0.00000574. The van der Waals surface area contributed by atoms with E-state index in [9.17, 15) is 0 Å². The standard InChI is InChI=1S/C66H57N4O2.Pt/c1-64(2,3)44-32-33-67-60(38-44)70-57-31-30-51-50-24-16-19-27-59(50)72-63(51)61(57)52-29-28-48(40-58(52)70)71-49-35-45(65(4,5)6)34-47(39-49)68-41-69(56-26-18-17-25-55(56)68)62-53(42-20-12-10-13-21-42)36-46(66(7,8)9)37-54(62)43-22-14-11-15-23-43;/h10-38,41H,1-9H3;/q-3;. The molecule has 1 aliphatic rings. The Labute approximate surface area is 443 Å². The second kappa shape index (κ2) is 18.0. The van der Waals surface area contributed by atoms with Gasteiger partial charge in [0, 0.05) is 83.2 Å². The maximum absolute atomic E-state index is 7.00. The fourth-order valence-corrected chi connectivity index (χ4v) is 10.2. The van der Waals surface area contributed by atoms with E-state index < -0.39 is 0 Å². The molecule has 73 heavy (non-hydrogen) atoms. The first-order chi connectivity index (χ1) is 34.6. The normalized spacial score (nSPS) is 13.1. The molecule has 0 bridgehead atoms. The van der Waals surface area contributed by atoms with Crippen molar-refractivity contribution in [1.29, 1.82) is 0 Å². The Morgan fingerprint density at radius 3 is 1.77 bits per heavy atom. The molecular weight excluding hydrogens is 1080 g/mol. The number of rotatable bonds is 7. The molecule has 0 spiro atoms. The maximum Gasteiger partial charge on any atom is 0.135 e. The van der Waals surface area contributed by atoms with Gasteiger partial charge in [0.1, 0.15) is 17.0 Å². The van der Waals surface area contributed by atoms with Crippen LogP contribution in [0.15, 0.2) is 180 Å². The molecule has 4 heterocycles. The summed E-state index contributed by atoms with van der Waals surface area (Å²) in [6, 6.07) is 67.9. The number of benzene rings is 8. The first-order valence-corrected chi connectivity index (χ1v) is 24.9. The second-order valence-electron chi connectivity index (χ2n) is 22.2. The van der Waals surface area contributed by atoms with Crippen LogP contribution in [0.25, 0.3) is 71.8 Å². The molecule has 1 aliphatic heterocycles. The third kappa shape index (κ3) is 8.50. The van der Waals surface area contributed by atoms with Gasteiger partial charge in [0.05, 0.1) is 0 Å². The Morgan fingerprint density at radius 1 is 0.521 bits per heavy atom. The fourth-order valence-electron chi connectivity index (χ4n) is 10.2. The first kappa shape index (κ1) is 47.9. The average Bonchev–Trinajstić information content (AvgIpc) is 4.05. The van der Waals surface area contributed by atoms with Gasteiger partial charge in [-0.25, -0.2) is 4.98 Å². The summed E-state index contributed by atoms with van der Waals surface area (Å²) in [6.45, 7) is 22.5. The van der Waals surface area contributed by atoms with Gasteiger partial charge in [0.2, 0.25) is 0 Å². The van der Waals surface area contributed by atoms with E-state index in [0.717, 1.165) is 100 Å². The molecule has 0 unspecified atom stereocenters. The summed E-state index contributed by atoms with van der Waals surface area (Å²) in [6.07, 6.45) is 1.91. The van der Waals surface area contributed by atoms with Crippen molar-refractivity contribution >= 4 is 66.5 Å². The predicted octanol–water partition coefficient (Wildman–Crippen LogP) is 18.1. The van der Waals surface area contributed by atoms with Gasteiger partial charge >= 0.3 is 0 Å². The topological polar surface area (TPSA) is 46.7 Å². The summed E-state index contributed by atoms with van der Waals surface area (Å²) >= 11 is 0. The zero-order valence-electron chi connectivity index (χ0n) is 42.7. The van der Waals surface area contributed by atoms with Gasteiger partial charge in [-0.2, -0.15) is 6.07 Å². The molecule has 3 aromatic heterocycles. The number of fused-ring (bicyclic) bond motifs is 8. The van der Waals surface area contributed by atoms with Crippen LogP contribution in [0.5, 0.6) is 11.5 Å². The van der Waals surface area contributed by atoms with Crippen LogP contribution in [-0.2, 0) is 37.3 Å². The van der Waals surface area contributed by atoms with Crippen molar-refractivity contribution in [2.24, 2.45) is 0 Å². The van der Waals surface area contributed by atoms with Crippen LogP contribution in [0.4, 0.5) is 22.7 Å². The van der Waals surface area contributed by atoms with Crippen molar-refractivity contribution in [3.8, 4) is 39.6 Å². The first-order valence-electron chi connectivity index (χ1n) is 24.9. The number of ether oxygens (including phenoxy) is 1. The van der Waals surface area contributed by atoms with E-state index in [-0.39, 0.29) is 37.3 Å². The molecule has 0 N–H and O–H groups in total. The molecule has 7 heteroatoms. The molecule has 0 saturated carbocycles. The molecule has 0 radical (unpaired) electrons. The Bertz CT molecular complexity index is 3830. The molecule has 6 nitrogen and oxygen atoms in total. The summed E-state index contributed by atoms with van der Waals surface area (Å²) in [5.74, 6) is 1.97. The molecule has 366 valence electrons. The van der Waals surface area contributed by atoms with E-state index in [1.807, 2.05) is 24.4 Å². The van der Waals surface area contributed by atoms with Crippen LogP contribution in [-0.4, -0.2) is 9.55 Å². The number of pyridine rings is 1. The third-order valence-electron chi connectivity index (χ3n) is 14.2. The molecule has 0 atom stereocenters.